The third-order valence-electron chi connectivity index (χ3n) is 3.11. The van der Waals surface area contributed by atoms with Gasteiger partial charge in [0.05, 0.1) is 0 Å². The van der Waals surface area contributed by atoms with Crippen molar-refractivity contribution in [1.82, 2.24) is 0 Å². The zero-order valence-corrected chi connectivity index (χ0v) is 15.8. The van der Waals surface area contributed by atoms with Crippen LogP contribution in [0.25, 0.3) is 21.5 Å². The summed E-state index contributed by atoms with van der Waals surface area (Å²) in [6.45, 7) is 2.00. The van der Waals surface area contributed by atoms with Gasteiger partial charge >= 0.3 is 31.2 Å². The molecule has 0 amide bonds. The molecule has 0 radical (unpaired) electrons. The molecule has 0 aliphatic heterocycles. The third-order valence-corrected chi connectivity index (χ3v) is 3.11. The van der Waals surface area contributed by atoms with Crippen LogP contribution >= 0.6 is 0 Å². The molecule has 0 spiro atoms. The molecule has 1 aliphatic carbocycles. The number of hydrogen-bond acceptors (Lipinski definition) is 0. The number of benzene rings is 2. The molecule has 120 valence electrons. The second-order valence-electron chi connectivity index (χ2n) is 4.61. The van der Waals surface area contributed by atoms with Crippen molar-refractivity contribution in [2.24, 2.45) is 0 Å². The Kier molecular flexibility index (Phi) is 11.0. The molecule has 0 nitrogen and oxygen atoms in total. The van der Waals surface area contributed by atoms with Gasteiger partial charge < -0.3 is 14.9 Å². The van der Waals surface area contributed by atoms with Gasteiger partial charge in [-0.25, -0.2) is 12.2 Å². The Balaban J connectivity index is 0.000000413. The molecule has 1 aliphatic rings. The Morgan fingerprint density at radius 1 is 0.957 bits per heavy atom. The molecule has 3 aromatic rings. The van der Waals surface area contributed by atoms with Crippen molar-refractivity contribution in [3.63, 3.8) is 0 Å². The summed E-state index contributed by atoms with van der Waals surface area (Å²) in [5, 5.41) is 5.39. The van der Waals surface area contributed by atoms with Crippen molar-refractivity contribution in [3.8, 4) is 0 Å². The normalized spacial score (nSPS) is 10.6. The van der Waals surface area contributed by atoms with E-state index in [9.17, 15) is 0 Å². The first-order valence-electron chi connectivity index (χ1n) is 7.07. The van der Waals surface area contributed by atoms with Crippen LogP contribution in [0.2, 0.25) is 0 Å². The van der Waals surface area contributed by atoms with Crippen molar-refractivity contribution in [3.05, 3.63) is 93.8 Å². The van der Waals surface area contributed by atoms with Gasteiger partial charge in [-0.05, 0) is 0 Å². The van der Waals surface area contributed by atoms with E-state index in [-0.39, 0.29) is 14.9 Å². The van der Waals surface area contributed by atoms with E-state index in [0.29, 0.717) is 0 Å². The summed E-state index contributed by atoms with van der Waals surface area (Å²) in [4.78, 5) is 0. The number of rotatable bonds is 0. The van der Waals surface area contributed by atoms with Crippen LogP contribution in [0.4, 0.5) is 0 Å². The average Bonchev–Trinajstić information content (AvgIpc) is 3.19. The Bertz CT molecular complexity index is 699. The molecule has 0 unspecified atom stereocenters. The zero-order chi connectivity index (χ0) is 14.9. The maximum atomic E-state index is 2.99. The van der Waals surface area contributed by atoms with Gasteiger partial charge in [-0.2, -0.15) is 6.08 Å². The van der Waals surface area contributed by atoms with E-state index in [0.717, 1.165) is 6.42 Å². The van der Waals surface area contributed by atoms with Crippen LogP contribution in [-0.4, -0.2) is 4.31 Å². The molecule has 0 aromatic heterocycles. The average molecular weight is 336 g/mol. The second-order valence-corrected chi connectivity index (χ2v) is 5.51. The summed E-state index contributed by atoms with van der Waals surface area (Å²) in [5.74, 6) is 0. The quantitative estimate of drug-likeness (QED) is 0.335. The molecule has 0 heterocycles. The van der Waals surface area contributed by atoms with E-state index in [1.165, 1.54) is 21.5 Å². The fourth-order valence-corrected chi connectivity index (χ4v) is 2.24. The predicted molar refractivity (Wildman–Crippen MR) is 103 cm³/mol. The minimum Gasteiger partial charge on any atom is -0.358 e. The second kappa shape index (κ2) is 11.9. The minimum atomic E-state index is 0. The molecule has 3 aromatic carbocycles. The van der Waals surface area contributed by atoms with Crippen LogP contribution in [0.1, 0.15) is 13.3 Å². The number of fused-ring (bicyclic) bond motifs is 3. The first kappa shape index (κ1) is 21.4. The molecule has 0 N–H and O–H groups in total. The molecule has 0 saturated carbocycles. The van der Waals surface area contributed by atoms with E-state index in [1.807, 2.05) is 43.4 Å². The van der Waals surface area contributed by atoms with Gasteiger partial charge in [0, 0.05) is 0 Å². The third kappa shape index (κ3) is 6.18. The zero-order valence-electron chi connectivity index (χ0n) is 14.2. The summed E-state index contributed by atoms with van der Waals surface area (Å²) in [6.07, 6.45) is 10.0. The maximum absolute atomic E-state index is 2.99. The summed E-state index contributed by atoms with van der Waals surface area (Å²) in [6, 6.07) is 19.3. The van der Waals surface area contributed by atoms with E-state index in [2.05, 4.69) is 66.7 Å². The molecule has 4 rings (SSSR count). The molecule has 0 atom stereocenters. The minimum absolute atomic E-state index is 0. The van der Waals surface area contributed by atoms with Crippen molar-refractivity contribution < 1.29 is 20.0 Å². The van der Waals surface area contributed by atoms with Crippen LogP contribution in [0, 0.1) is 20.9 Å². The Hall–Kier alpha value is -1.63. The standard InChI is InChI=1S/C13H9.C5H5.C2H4.2CH3.Ti/c1-3-7-12-10(5-1)9-11-6-2-4-8-13(11)12;1-2-4-5-3-1;1-2;;;/h1-9H;1-3H,4H2;1H,2H3;2*1H3;/q2*-1;;2*-1;. The molecular weight excluding hydrogens is 312 g/mol. The van der Waals surface area contributed by atoms with Crippen LogP contribution < -0.4 is 0 Å². The number of hydrogen-bond donors (Lipinski definition) is 0. The van der Waals surface area contributed by atoms with E-state index in [4.69, 9.17) is 0 Å². The predicted octanol–water partition coefficient (Wildman–Crippen LogP) is 6.27. The van der Waals surface area contributed by atoms with Crippen LogP contribution in [-0.2, 0) is 20.0 Å². The van der Waals surface area contributed by atoms with E-state index in [1.54, 1.807) is 0 Å². The molecule has 23 heavy (non-hydrogen) atoms. The van der Waals surface area contributed by atoms with Crippen molar-refractivity contribution in [2.45, 2.75) is 13.3 Å². The van der Waals surface area contributed by atoms with Crippen molar-refractivity contribution >= 4 is 25.9 Å². The summed E-state index contributed by atoms with van der Waals surface area (Å²) in [5.41, 5.74) is 0. The SMILES string of the molecule is C[CH]=[Ti].[C-]1=CC=CC1.[CH3-].[CH3-].c1ccc2c(c1)[cH-]c1ccccc12. The smallest absolute Gasteiger partial charge is 0.0771 e. The molecule has 0 fully saturated rings. The van der Waals surface area contributed by atoms with Gasteiger partial charge in [0.2, 0.25) is 0 Å². The van der Waals surface area contributed by atoms with Gasteiger partial charge in [-0.3, -0.25) is 6.08 Å². The first-order valence-corrected chi connectivity index (χ1v) is 7.97. The van der Waals surface area contributed by atoms with Crippen molar-refractivity contribution in [2.75, 3.05) is 0 Å². The van der Waals surface area contributed by atoms with E-state index < -0.39 is 0 Å². The molecular formula is C22H24Ti-4. The fourth-order valence-electron chi connectivity index (χ4n) is 2.24. The van der Waals surface area contributed by atoms with Gasteiger partial charge in [0.1, 0.15) is 0 Å². The number of allylic oxidation sites excluding steroid dienone is 4. The topological polar surface area (TPSA) is 0 Å². The van der Waals surface area contributed by atoms with Crippen LogP contribution in [0.3, 0.4) is 0 Å². The maximum Gasteiger partial charge on any atom is -0.0771 e. The van der Waals surface area contributed by atoms with Gasteiger partial charge in [-0.1, -0.05) is 36.4 Å². The molecule has 0 bridgehead atoms. The fraction of sp³-hybridized carbons (Fsp3) is 0.0909. The van der Waals surface area contributed by atoms with Crippen LogP contribution in [0.15, 0.2) is 72.8 Å². The van der Waals surface area contributed by atoms with Gasteiger partial charge in [0.15, 0.2) is 0 Å². The van der Waals surface area contributed by atoms with Crippen LogP contribution in [0.5, 0.6) is 0 Å². The first-order chi connectivity index (χ1) is 10.4. The summed E-state index contributed by atoms with van der Waals surface area (Å²) in [7, 11) is 0. The van der Waals surface area contributed by atoms with Gasteiger partial charge in [0.25, 0.3) is 0 Å². The van der Waals surface area contributed by atoms with E-state index >= 15 is 0 Å². The Morgan fingerprint density at radius 2 is 1.43 bits per heavy atom. The molecule has 0 saturated heterocycles. The summed E-state index contributed by atoms with van der Waals surface area (Å²) < 4.78 is 2.00. The summed E-state index contributed by atoms with van der Waals surface area (Å²) >= 11 is 2.00. The van der Waals surface area contributed by atoms with Crippen molar-refractivity contribution in [1.29, 1.82) is 0 Å². The largest absolute Gasteiger partial charge is 0.358 e. The Labute approximate surface area is 152 Å². The monoisotopic (exact) mass is 336 g/mol. The Morgan fingerprint density at radius 3 is 1.78 bits per heavy atom. The molecule has 1 heteroatoms. The van der Waals surface area contributed by atoms with Gasteiger partial charge in [-0.15, -0.1) is 46.2 Å².